The largest absolute Gasteiger partial charge is 0.462 e. The van der Waals surface area contributed by atoms with Crippen LogP contribution in [0.15, 0.2) is 80.2 Å². The molecule has 5 nitrogen and oxygen atoms in total. The molecule has 27 heavy (non-hydrogen) atoms. The lowest BCUT2D eigenvalue weighted by Crippen LogP contribution is -2.18. The van der Waals surface area contributed by atoms with Crippen molar-refractivity contribution in [2.45, 2.75) is 33.3 Å². The summed E-state index contributed by atoms with van der Waals surface area (Å²) >= 11 is 0. The zero-order valence-corrected chi connectivity index (χ0v) is 16.4. The first-order valence-corrected chi connectivity index (χ1v) is 8.50. The van der Waals surface area contributed by atoms with Crippen molar-refractivity contribution in [3.63, 3.8) is 0 Å². The van der Waals surface area contributed by atoms with Gasteiger partial charge in [-0.3, -0.25) is 0 Å². The SMILES string of the molecule is C=C(C)C(=O)OCCC(C)OC(=O)C(=C)C.C=CN(C=C)c1ccccc1. The fourth-order valence-electron chi connectivity index (χ4n) is 1.67. The molecule has 0 aliphatic rings. The van der Waals surface area contributed by atoms with Crippen LogP contribution in [-0.2, 0) is 19.1 Å². The van der Waals surface area contributed by atoms with E-state index in [-0.39, 0.29) is 12.7 Å². The quantitative estimate of drug-likeness (QED) is 0.462. The number of ether oxygens (including phenoxy) is 2. The molecule has 0 bridgehead atoms. The number of esters is 2. The van der Waals surface area contributed by atoms with Gasteiger partial charge in [-0.1, -0.05) is 44.5 Å². The van der Waals surface area contributed by atoms with E-state index in [4.69, 9.17) is 9.47 Å². The molecule has 0 N–H and O–H groups in total. The Kier molecular flexibility index (Phi) is 11.7. The summed E-state index contributed by atoms with van der Waals surface area (Å²) in [6.07, 6.45) is 3.60. The van der Waals surface area contributed by atoms with E-state index in [2.05, 4.69) is 26.3 Å². The second kappa shape index (κ2) is 13.2. The summed E-state index contributed by atoms with van der Waals surface area (Å²) in [4.78, 5) is 24.0. The molecule has 0 aliphatic heterocycles. The van der Waals surface area contributed by atoms with Gasteiger partial charge in [-0.05, 0) is 32.9 Å². The summed E-state index contributed by atoms with van der Waals surface area (Å²) in [5.41, 5.74) is 1.79. The van der Waals surface area contributed by atoms with Gasteiger partial charge in [-0.2, -0.15) is 0 Å². The highest BCUT2D eigenvalue weighted by Gasteiger charge is 2.11. The van der Waals surface area contributed by atoms with Crippen LogP contribution >= 0.6 is 0 Å². The second-order valence-electron chi connectivity index (χ2n) is 5.81. The molecule has 1 atom stereocenters. The van der Waals surface area contributed by atoms with Gasteiger partial charge in [-0.15, -0.1) is 0 Å². The van der Waals surface area contributed by atoms with Crippen molar-refractivity contribution in [3.05, 3.63) is 80.2 Å². The molecule has 1 unspecified atom stereocenters. The minimum absolute atomic E-state index is 0.205. The van der Waals surface area contributed by atoms with E-state index in [1.165, 1.54) is 0 Å². The number of para-hydroxylation sites is 1. The van der Waals surface area contributed by atoms with E-state index in [0.29, 0.717) is 17.6 Å². The van der Waals surface area contributed by atoms with Crippen molar-refractivity contribution < 1.29 is 19.1 Å². The van der Waals surface area contributed by atoms with E-state index in [9.17, 15) is 9.59 Å². The van der Waals surface area contributed by atoms with Crippen molar-refractivity contribution in [2.24, 2.45) is 0 Å². The third-order valence-electron chi connectivity index (χ3n) is 3.21. The van der Waals surface area contributed by atoms with Gasteiger partial charge in [0.05, 0.1) is 6.61 Å². The fraction of sp³-hybridized carbons (Fsp3) is 0.273. The van der Waals surface area contributed by atoms with E-state index < -0.39 is 11.9 Å². The number of carbonyl (C=O) groups excluding carboxylic acids is 2. The Hall–Kier alpha value is -3.08. The van der Waals surface area contributed by atoms with Crippen molar-refractivity contribution >= 4 is 17.6 Å². The predicted octanol–water partition coefficient (Wildman–Crippen LogP) is 4.78. The standard InChI is InChI=1S/C12H18O4.C10H11N/c1-8(2)11(13)15-7-6-10(5)16-12(14)9(3)4;1-3-11(4-2)10-8-6-5-7-9-10/h10H,1,3,6-7H2,2,4-5H3;3-9H,1-2H2. The zero-order chi connectivity index (χ0) is 20.8. The Bertz CT molecular complexity index is 656. The number of carbonyl (C=O) groups is 2. The summed E-state index contributed by atoms with van der Waals surface area (Å²) in [5.74, 6) is -0.864. The van der Waals surface area contributed by atoms with Crippen LogP contribution in [0.5, 0.6) is 0 Å². The van der Waals surface area contributed by atoms with Gasteiger partial charge in [0.25, 0.3) is 0 Å². The highest BCUT2D eigenvalue weighted by molar-refractivity contribution is 5.87. The third kappa shape index (κ3) is 10.5. The number of hydrogen-bond donors (Lipinski definition) is 0. The van der Waals surface area contributed by atoms with E-state index in [1.807, 2.05) is 35.2 Å². The molecule has 1 rings (SSSR count). The summed E-state index contributed by atoms with van der Waals surface area (Å²) in [7, 11) is 0. The first kappa shape index (κ1) is 23.9. The molecular formula is C22H29NO4. The first-order chi connectivity index (χ1) is 12.7. The van der Waals surface area contributed by atoms with Crippen LogP contribution in [-0.4, -0.2) is 24.6 Å². The van der Waals surface area contributed by atoms with E-state index >= 15 is 0 Å². The Morgan fingerprint density at radius 2 is 1.56 bits per heavy atom. The maximum absolute atomic E-state index is 11.1. The number of hydrogen-bond acceptors (Lipinski definition) is 5. The lowest BCUT2D eigenvalue weighted by molar-refractivity contribution is -0.145. The van der Waals surface area contributed by atoms with Gasteiger partial charge in [-0.25, -0.2) is 9.59 Å². The van der Waals surface area contributed by atoms with Crippen LogP contribution in [0.1, 0.15) is 27.2 Å². The van der Waals surface area contributed by atoms with E-state index in [0.717, 1.165) is 5.69 Å². The third-order valence-corrected chi connectivity index (χ3v) is 3.21. The van der Waals surface area contributed by atoms with Crippen LogP contribution in [0, 0.1) is 0 Å². The maximum Gasteiger partial charge on any atom is 0.333 e. The van der Waals surface area contributed by atoms with Crippen molar-refractivity contribution in [2.75, 3.05) is 11.5 Å². The molecule has 5 heteroatoms. The van der Waals surface area contributed by atoms with E-state index in [1.54, 1.807) is 33.2 Å². The minimum Gasteiger partial charge on any atom is -0.462 e. The number of rotatable bonds is 9. The van der Waals surface area contributed by atoms with Crippen LogP contribution in [0.25, 0.3) is 0 Å². The summed E-state index contributed by atoms with van der Waals surface area (Å²) in [6.45, 7) is 19.3. The maximum atomic E-state index is 11.1. The summed E-state index contributed by atoms with van der Waals surface area (Å²) in [6, 6.07) is 9.95. The van der Waals surface area contributed by atoms with Crippen LogP contribution in [0.3, 0.4) is 0 Å². The van der Waals surface area contributed by atoms with Crippen LogP contribution < -0.4 is 4.90 Å². The smallest absolute Gasteiger partial charge is 0.333 e. The van der Waals surface area contributed by atoms with Gasteiger partial charge in [0, 0.05) is 35.7 Å². The minimum atomic E-state index is -0.432. The molecule has 1 aromatic rings. The van der Waals surface area contributed by atoms with Crippen molar-refractivity contribution in [1.29, 1.82) is 0 Å². The molecular weight excluding hydrogens is 342 g/mol. The highest BCUT2D eigenvalue weighted by atomic mass is 16.6. The second-order valence-corrected chi connectivity index (χ2v) is 5.81. The molecule has 0 fully saturated rings. The number of benzene rings is 1. The van der Waals surface area contributed by atoms with Crippen LogP contribution in [0.2, 0.25) is 0 Å². The monoisotopic (exact) mass is 371 g/mol. The van der Waals surface area contributed by atoms with Crippen molar-refractivity contribution in [1.82, 2.24) is 0 Å². The highest BCUT2D eigenvalue weighted by Crippen LogP contribution is 2.12. The lowest BCUT2D eigenvalue weighted by atomic mass is 10.3. The summed E-state index contributed by atoms with van der Waals surface area (Å²) < 4.78 is 9.87. The zero-order valence-electron chi connectivity index (χ0n) is 16.4. The first-order valence-electron chi connectivity index (χ1n) is 8.50. The number of anilines is 1. The van der Waals surface area contributed by atoms with Gasteiger partial charge < -0.3 is 14.4 Å². The average molecular weight is 371 g/mol. The average Bonchev–Trinajstić information content (AvgIpc) is 2.63. The van der Waals surface area contributed by atoms with Gasteiger partial charge in [0.2, 0.25) is 0 Å². The lowest BCUT2D eigenvalue weighted by Gasteiger charge is -2.13. The normalized spacial score (nSPS) is 10.3. The fourth-order valence-corrected chi connectivity index (χ4v) is 1.67. The molecule has 1 aromatic carbocycles. The molecule has 0 saturated carbocycles. The Labute approximate surface area is 162 Å². The van der Waals surface area contributed by atoms with Crippen molar-refractivity contribution in [3.8, 4) is 0 Å². The molecule has 0 heterocycles. The van der Waals surface area contributed by atoms with Gasteiger partial charge in [0.15, 0.2) is 0 Å². The number of nitrogens with zero attached hydrogens (tertiary/aromatic N) is 1. The predicted molar refractivity (Wildman–Crippen MR) is 110 cm³/mol. The Morgan fingerprint density at radius 1 is 1.04 bits per heavy atom. The molecule has 0 spiro atoms. The molecule has 0 saturated heterocycles. The van der Waals surface area contributed by atoms with Gasteiger partial charge in [0.1, 0.15) is 6.10 Å². The van der Waals surface area contributed by atoms with Gasteiger partial charge >= 0.3 is 11.9 Å². The Balaban J connectivity index is 0.000000533. The molecule has 0 aliphatic carbocycles. The Morgan fingerprint density at radius 3 is 2.00 bits per heavy atom. The molecule has 0 amide bonds. The molecule has 0 radical (unpaired) electrons. The van der Waals surface area contributed by atoms with Crippen LogP contribution in [0.4, 0.5) is 5.69 Å². The topological polar surface area (TPSA) is 55.8 Å². The summed E-state index contributed by atoms with van der Waals surface area (Å²) in [5, 5.41) is 0. The molecule has 146 valence electrons. The molecule has 0 aromatic heterocycles.